The Morgan fingerprint density at radius 1 is 1.43 bits per heavy atom. The van der Waals surface area contributed by atoms with Crippen molar-refractivity contribution in [2.75, 3.05) is 11.9 Å². The highest BCUT2D eigenvalue weighted by Crippen LogP contribution is 2.24. The molecule has 0 spiro atoms. The van der Waals surface area contributed by atoms with E-state index in [-0.39, 0.29) is 0 Å². The summed E-state index contributed by atoms with van der Waals surface area (Å²) >= 11 is 0. The van der Waals surface area contributed by atoms with Crippen LogP contribution < -0.4 is 5.32 Å². The van der Waals surface area contributed by atoms with Crippen molar-refractivity contribution in [2.45, 2.75) is 25.7 Å². The van der Waals surface area contributed by atoms with Crippen LogP contribution in [0.15, 0.2) is 18.3 Å². The zero-order valence-electron chi connectivity index (χ0n) is 8.17. The minimum absolute atomic E-state index is 0.415. The van der Waals surface area contributed by atoms with Crippen molar-refractivity contribution in [1.29, 1.82) is 0 Å². The van der Waals surface area contributed by atoms with E-state index in [1.807, 2.05) is 0 Å². The molecule has 1 fully saturated rings. The van der Waals surface area contributed by atoms with Gasteiger partial charge in [-0.15, -0.1) is 0 Å². The van der Waals surface area contributed by atoms with Crippen molar-refractivity contribution in [3.05, 3.63) is 24.3 Å². The predicted molar refractivity (Wildman–Crippen MR) is 54.6 cm³/mol. The summed E-state index contributed by atoms with van der Waals surface area (Å²) in [6.07, 6.45) is 6.79. The normalized spacial score (nSPS) is 17.2. The van der Waals surface area contributed by atoms with Gasteiger partial charge in [0, 0.05) is 24.5 Å². The van der Waals surface area contributed by atoms with E-state index < -0.39 is 5.95 Å². The molecule has 1 N–H and O–H groups in total. The van der Waals surface area contributed by atoms with Crippen molar-refractivity contribution in [3.63, 3.8) is 0 Å². The Hall–Kier alpha value is -1.12. The second-order valence-electron chi connectivity index (χ2n) is 3.90. The lowest BCUT2D eigenvalue weighted by molar-refractivity contribution is 0.574. The first-order valence-corrected chi connectivity index (χ1v) is 5.20. The van der Waals surface area contributed by atoms with Gasteiger partial charge in [0.2, 0.25) is 5.95 Å². The number of nitrogens with one attached hydrogen (secondary N) is 1. The van der Waals surface area contributed by atoms with Crippen LogP contribution in [0.2, 0.25) is 0 Å². The molecule has 2 nitrogen and oxygen atoms in total. The standard InChI is InChI=1S/C11H15FN2/c12-11-7-10(5-6-13-11)14-8-9-3-1-2-4-9/h5-7,9H,1-4,8H2,(H,13,14). The van der Waals surface area contributed by atoms with Crippen LogP contribution in [0.3, 0.4) is 0 Å². The summed E-state index contributed by atoms with van der Waals surface area (Å²) in [6.45, 7) is 0.962. The van der Waals surface area contributed by atoms with Gasteiger partial charge < -0.3 is 5.32 Å². The van der Waals surface area contributed by atoms with Gasteiger partial charge in [-0.05, 0) is 24.8 Å². The molecule has 0 atom stereocenters. The Labute approximate surface area is 83.6 Å². The van der Waals surface area contributed by atoms with Gasteiger partial charge in [-0.3, -0.25) is 0 Å². The molecule has 0 aliphatic heterocycles. The number of aromatic nitrogens is 1. The van der Waals surface area contributed by atoms with E-state index in [1.54, 1.807) is 6.07 Å². The lowest BCUT2D eigenvalue weighted by atomic mass is 10.1. The number of hydrogen-bond donors (Lipinski definition) is 1. The van der Waals surface area contributed by atoms with E-state index >= 15 is 0 Å². The molecule has 2 rings (SSSR count). The van der Waals surface area contributed by atoms with Gasteiger partial charge >= 0.3 is 0 Å². The SMILES string of the molecule is Fc1cc(NCC2CCCC2)ccn1. The molecule has 1 aliphatic carbocycles. The molecule has 0 saturated heterocycles. The van der Waals surface area contributed by atoms with Crippen LogP contribution in [0.25, 0.3) is 0 Å². The van der Waals surface area contributed by atoms with Gasteiger partial charge in [0.05, 0.1) is 0 Å². The van der Waals surface area contributed by atoms with Crippen LogP contribution in [0.4, 0.5) is 10.1 Å². The average Bonchev–Trinajstić information content (AvgIpc) is 2.67. The highest BCUT2D eigenvalue weighted by atomic mass is 19.1. The van der Waals surface area contributed by atoms with E-state index in [2.05, 4.69) is 10.3 Å². The summed E-state index contributed by atoms with van der Waals surface area (Å²) in [5.41, 5.74) is 0.837. The third-order valence-electron chi connectivity index (χ3n) is 2.80. The summed E-state index contributed by atoms with van der Waals surface area (Å²) in [5, 5.41) is 3.25. The molecule has 3 heteroatoms. The monoisotopic (exact) mass is 194 g/mol. The molecule has 0 aromatic carbocycles. The fraction of sp³-hybridized carbons (Fsp3) is 0.545. The summed E-state index contributed by atoms with van der Waals surface area (Å²) in [6, 6.07) is 3.24. The summed E-state index contributed by atoms with van der Waals surface area (Å²) in [4.78, 5) is 3.51. The quantitative estimate of drug-likeness (QED) is 0.748. The molecule has 1 aliphatic rings. The predicted octanol–water partition coefficient (Wildman–Crippen LogP) is 2.82. The molecular formula is C11H15FN2. The maximum atomic E-state index is 12.7. The van der Waals surface area contributed by atoms with Crippen LogP contribution in [0, 0.1) is 11.9 Å². The fourth-order valence-electron chi connectivity index (χ4n) is 1.99. The number of halogens is 1. The van der Waals surface area contributed by atoms with Gasteiger partial charge in [-0.2, -0.15) is 4.39 Å². The number of rotatable bonds is 3. The van der Waals surface area contributed by atoms with Gasteiger partial charge in [0.25, 0.3) is 0 Å². The second-order valence-corrected chi connectivity index (χ2v) is 3.90. The van der Waals surface area contributed by atoms with Crippen LogP contribution in [-0.2, 0) is 0 Å². The Bertz CT molecular complexity index is 295. The Morgan fingerprint density at radius 2 is 2.21 bits per heavy atom. The maximum absolute atomic E-state index is 12.7. The number of hydrogen-bond acceptors (Lipinski definition) is 2. The highest BCUT2D eigenvalue weighted by Gasteiger charge is 2.14. The Morgan fingerprint density at radius 3 is 2.93 bits per heavy atom. The lowest BCUT2D eigenvalue weighted by Gasteiger charge is -2.11. The van der Waals surface area contributed by atoms with Crippen LogP contribution >= 0.6 is 0 Å². The smallest absolute Gasteiger partial charge is 0.214 e. The van der Waals surface area contributed by atoms with E-state index in [4.69, 9.17) is 0 Å². The Kier molecular flexibility index (Phi) is 2.96. The highest BCUT2D eigenvalue weighted by molar-refractivity contribution is 5.41. The minimum atomic E-state index is -0.415. The first kappa shape index (κ1) is 9.44. The summed E-state index contributed by atoms with van der Waals surface area (Å²) in [5.74, 6) is 0.354. The first-order valence-electron chi connectivity index (χ1n) is 5.20. The van der Waals surface area contributed by atoms with Crippen molar-refractivity contribution in [3.8, 4) is 0 Å². The minimum Gasteiger partial charge on any atom is -0.385 e. The molecule has 0 amide bonds. The van der Waals surface area contributed by atoms with Crippen LogP contribution in [-0.4, -0.2) is 11.5 Å². The van der Waals surface area contributed by atoms with Crippen molar-refractivity contribution < 1.29 is 4.39 Å². The molecule has 14 heavy (non-hydrogen) atoms. The third kappa shape index (κ3) is 2.44. The van der Waals surface area contributed by atoms with E-state index in [0.29, 0.717) is 0 Å². The number of nitrogens with zero attached hydrogens (tertiary/aromatic N) is 1. The van der Waals surface area contributed by atoms with Crippen molar-refractivity contribution in [2.24, 2.45) is 5.92 Å². The van der Waals surface area contributed by atoms with Crippen molar-refractivity contribution in [1.82, 2.24) is 4.98 Å². The zero-order chi connectivity index (χ0) is 9.80. The average molecular weight is 194 g/mol. The lowest BCUT2D eigenvalue weighted by Crippen LogP contribution is -2.10. The molecular weight excluding hydrogens is 179 g/mol. The molecule has 1 saturated carbocycles. The van der Waals surface area contributed by atoms with Crippen molar-refractivity contribution >= 4 is 5.69 Å². The van der Waals surface area contributed by atoms with E-state index in [9.17, 15) is 4.39 Å². The molecule has 0 radical (unpaired) electrons. The molecule has 76 valence electrons. The van der Waals surface area contributed by atoms with Crippen LogP contribution in [0.1, 0.15) is 25.7 Å². The molecule has 0 unspecified atom stereocenters. The Balaban J connectivity index is 1.85. The van der Waals surface area contributed by atoms with Gasteiger partial charge in [-0.25, -0.2) is 4.98 Å². The molecule has 1 heterocycles. The van der Waals surface area contributed by atoms with E-state index in [1.165, 1.54) is 37.9 Å². The van der Waals surface area contributed by atoms with E-state index in [0.717, 1.165) is 18.2 Å². The van der Waals surface area contributed by atoms with Crippen LogP contribution in [0.5, 0.6) is 0 Å². The topological polar surface area (TPSA) is 24.9 Å². The molecule has 1 aromatic rings. The zero-order valence-corrected chi connectivity index (χ0v) is 8.17. The summed E-state index contributed by atoms with van der Waals surface area (Å²) in [7, 11) is 0. The third-order valence-corrected chi connectivity index (χ3v) is 2.80. The fourth-order valence-corrected chi connectivity index (χ4v) is 1.99. The first-order chi connectivity index (χ1) is 6.84. The van der Waals surface area contributed by atoms with Gasteiger partial charge in [-0.1, -0.05) is 12.8 Å². The summed E-state index contributed by atoms with van der Waals surface area (Å²) < 4.78 is 12.7. The van der Waals surface area contributed by atoms with Gasteiger partial charge in [0.15, 0.2) is 0 Å². The van der Waals surface area contributed by atoms with Gasteiger partial charge in [0.1, 0.15) is 0 Å². The largest absolute Gasteiger partial charge is 0.385 e. The number of pyridine rings is 1. The molecule has 0 bridgehead atoms. The molecule has 1 aromatic heterocycles. The number of anilines is 1. The second kappa shape index (κ2) is 4.40. The maximum Gasteiger partial charge on any atom is 0.214 e.